The molecule has 0 aromatic rings. The largest absolute Gasteiger partial charge is 0.468 e. The highest BCUT2D eigenvalue weighted by atomic mass is 32.2. The van der Waals surface area contributed by atoms with Crippen LogP contribution in [0.1, 0.15) is 20.3 Å². The first-order valence-electron chi connectivity index (χ1n) is 7.18. The van der Waals surface area contributed by atoms with Gasteiger partial charge in [-0.15, -0.1) is 0 Å². The van der Waals surface area contributed by atoms with Crippen molar-refractivity contribution >= 4 is 41.8 Å². The summed E-state index contributed by atoms with van der Waals surface area (Å²) in [5, 5.41) is 0. The lowest BCUT2D eigenvalue weighted by Crippen LogP contribution is -2.56. The zero-order valence-electron chi connectivity index (χ0n) is 13.3. The van der Waals surface area contributed by atoms with Gasteiger partial charge in [0.25, 0.3) is 0 Å². The monoisotopic (exact) mass is 353 g/mol. The molecule has 0 aromatic heterocycles. The smallest absolute Gasteiger partial charge is 0.319 e. The third kappa shape index (κ3) is 7.47. The number of nitrogens with one attached hydrogen (secondary N) is 1. The van der Waals surface area contributed by atoms with E-state index >= 15 is 0 Å². The molecule has 0 bridgehead atoms. The summed E-state index contributed by atoms with van der Waals surface area (Å²) in [6, 6.07) is 0.765. The van der Waals surface area contributed by atoms with Gasteiger partial charge < -0.3 is 4.74 Å². The number of carbonyl (C=O) groups is 1. The Hall–Kier alpha value is 0.400. The number of carbonyl (C=O) groups excluding carboxylic acids is 1. The van der Waals surface area contributed by atoms with Crippen LogP contribution in [-0.2, 0) is 9.53 Å². The van der Waals surface area contributed by atoms with E-state index in [1.54, 1.807) is 23.9 Å². The van der Waals surface area contributed by atoms with Crippen LogP contribution in [0.5, 0.6) is 0 Å². The normalized spacial score (nSPS) is 24.2. The fourth-order valence-electron chi connectivity index (χ4n) is 2.36. The van der Waals surface area contributed by atoms with Crippen LogP contribution in [0.15, 0.2) is 0 Å². The third-order valence-corrected chi connectivity index (χ3v) is 6.18. The number of ether oxygens (including phenoxy) is 1. The molecule has 0 radical (unpaired) electrons. The van der Waals surface area contributed by atoms with Crippen molar-refractivity contribution in [3.63, 3.8) is 0 Å². The molecule has 5 nitrogen and oxygen atoms in total. The van der Waals surface area contributed by atoms with Crippen molar-refractivity contribution < 1.29 is 9.53 Å². The summed E-state index contributed by atoms with van der Waals surface area (Å²) in [7, 11) is 1.45. The van der Waals surface area contributed by atoms with Crippen molar-refractivity contribution in [1.82, 2.24) is 13.3 Å². The molecule has 21 heavy (non-hydrogen) atoms. The van der Waals surface area contributed by atoms with E-state index in [4.69, 9.17) is 4.74 Å². The van der Waals surface area contributed by atoms with Gasteiger partial charge in [0, 0.05) is 36.7 Å². The summed E-state index contributed by atoms with van der Waals surface area (Å²) in [6.07, 6.45) is 3.24. The molecule has 8 heteroatoms. The maximum atomic E-state index is 11.5. The number of methoxy groups -OCH3 is 1. The minimum atomic E-state index is -0.145. The van der Waals surface area contributed by atoms with Crippen LogP contribution in [0.2, 0.25) is 0 Å². The van der Waals surface area contributed by atoms with Gasteiger partial charge in [-0.2, -0.15) is 0 Å². The van der Waals surface area contributed by atoms with Crippen molar-refractivity contribution in [2.24, 2.45) is 0 Å². The number of hydrogen-bond acceptors (Lipinski definition) is 8. The van der Waals surface area contributed by atoms with Gasteiger partial charge in [0.1, 0.15) is 0 Å². The van der Waals surface area contributed by atoms with E-state index < -0.39 is 0 Å². The molecule has 1 aliphatic heterocycles. The van der Waals surface area contributed by atoms with Crippen molar-refractivity contribution in [3.05, 3.63) is 0 Å². The zero-order chi connectivity index (χ0) is 15.7. The second-order valence-corrected chi connectivity index (χ2v) is 8.07. The van der Waals surface area contributed by atoms with Crippen LogP contribution in [-0.4, -0.2) is 71.8 Å². The standard InChI is InChI=1S/C13H27N3O2S3/c1-11-8-15(21-7-5-6-20-14-19-4)9-12(2)16(11)10-13(17)18-3/h11-12,14H,5-10H2,1-4H3. The molecule has 1 aliphatic rings. The molecule has 1 rings (SSSR count). The molecule has 1 N–H and O–H groups in total. The van der Waals surface area contributed by atoms with E-state index in [2.05, 4.69) is 27.2 Å². The third-order valence-electron chi connectivity index (χ3n) is 3.41. The number of nitrogens with zero attached hydrogens (tertiary/aromatic N) is 2. The fourth-order valence-corrected chi connectivity index (χ4v) is 4.81. The van der Waals surface area contributed by atoms with Crippen LogP contribution < -0.4 is 4.13 Å². The summed E-state index contributed by atoms with van der Waals surface area (Å²) in [6.45, 7) is 6.77. The van der Waals surface area contributed by atoms with Crippen molar-refractivity contribution in [2.45, 2.75) is 32.4 Å². The van der Waals surface area contributed by atoms with Gasteiger partial charge in [0.15, 0.2) is 0 Å². The van der Waals surface area contributed by atoms with Gasteiger partial charge in [0.05, 0.1) is 13.7 Å². The summed E-state index contributed by atoms with van der Waals surface area (Å²) in [4.78, 5) is 13.7. The van der Waals surface area contributed by atoms with Crippen LogP contribution in [0.25, 0.3) is 0 Å². The van der Waals surface area contributed by atoms with Gasteiger partial charge in [-0.3, -0.25) is 9.69 Å². The van der Waals surface area contributed by atoms with Gasteiger partial charge >= 0.3 is 5.97 Å². The van der Waals surface area contributed by atoms with Gasteiger partial charge in [-0.25, -0.2) is 8.43 Å². The number of esters is 1. The van der Waals surface area contributed by atoms with Crippen LogP contribution in [0, 0.1) is 0 Å². The Morgan fingerprint density at radius 2 is 1.95 bits per heavy atom. The molecule has 1 heterocycles. The first kappa shape index (κ1) is 19.4. The SMILES string of the molecule is COC(=O)CN1C(C)CN(SCCCSNSC)CC1C. The summed E-state index contributed by atoms with van der Waals surface area (Å²) in [5.41, 5.74) is 0. The molecule has 0 saturated carbocycles. The molecule has 0 aromatic carbocycles. The van der Waals surface area contributed by atoms with Gasteiger partial charge in [-0.1, -0.05) is 35.8 Å². The minimum Gasteiger partial charge on any atom is -0.468 e. The second-order valence-electron chi connectivity index (χ2n) is 5.12. The summed E-state index contributed by atoms with van der Waals surface area (Å²) in [5.74, 6) is 2.15. The van der Waals surface area contributed by atoms with E-state index in [9.17, 15) is 4.79 Å². The molecule has 124 valence electrons. The van der Waals surface area contributed by atoms with E-state index in [1.165, 1.54) is 13.5 Å². The average Bonchev–Trinajstić information content (AvgIpc) is 2.46. The quantitative estimate of drug-likeness (QED) is 0.384. The Morgan fingerprint density at radius 1 is 1.29 bits per heavy atom. The average molecular weight is 354 g/mol. The minimum absolute atomic E-state index is 0.145. The Morgan fingerprint density at radius 3 is 2.52 bits per heavy atom. The topological polar surface area (TPSA) is 44.8 Å². The van der Waals surface area contributed by atoms with Crippen LogP contribution in [0.3, 0.4) is 0 Å². The maximum absolute atomic E-state index is 11.5. The van der Waals surface area contributed by atoms with Gasteiger partial charge in [0.2, 0.25) is 0 Å². The Kier molecular flexibility index (Phi) is 10.2. The molecular weight excluding hydrogens is 326 g/mol. The lowest BCUT2D eigenvalue weighted by atomic mass is 10.1. The second kappa shape index (κ2) is 11.0. The van der Waals surface area contributed by atoms with Crippen LogP contribution in [0.4, 0.5) is 0 Å². The van der Waals surface area contributed by atoms with Gasteiger partial charge in [-0.05, 0) is 26.5 Å². The van der Waals surface area contributed by atoms with Crippen molar-refractivity contribution in [3.8, 4) is 0 Å². The Balaban J connectivity index is 2.24. The van der Waals surface area contributed by atoms with E-state index in [-0.39, 0.29) is 5.97 Å². The maximum Gasteiger partial charge on any atom is 0.319 e. The highest BCUT2D eigenvalue weighted by molar-refractivity contribution is 8.12. The van der Waals surface area contributed by atoms with E-state index in [0.717, 1.165) is 24.6 Å². The molecular formula is C13H27N3O2S3. The molecule has 1 fully saturated rings. The highest BCUT2D eigenvalue weighted by Gasteiger charge is 2.30. The zero-order valence-corrected chi connectivity index (χ0v) is 15.8. The number of piperazine rings is 1. The Bertz CT molecular complexity index is 298. The summed E-state index contributed by atoms with van der Waals surface area (Å²) < 4.78 is 10.4. The molecule has 0 amide bonds. The first-order valence-corrected chi connectivity index (χ1v) is 10.3. The predicted molar refractivity (Wildman–Crippen MR) is 95.4 cm³/mol. The van der Waals surface area contributed by atoms with Crippen LogP contribution >= 0.6 is 35.8 Å². The molecule has 2 atom stereocenters. The molecule has 0 aliphatic carbocycles. The van der Waals surface area contributed by atoms with E-state index in [1.807, 2.05) is 18.2 Å². The van der Waals surface area contributed by atoms with Crippen molar-refractivity contribution in [1.29, 1.82) is 0 Å². The first-order chi connectivity index (χ1) is 10.1. The van der Waals surface area contributed by atoms with E-state index in [0.29, 0.717) is 18.6 Å². The lowest BCUT2D eigenvalue weighted by molar-refractivity contribution is -0.143. The highest BCUT2D eigenvalue weighted by Crippen LogP contribution is 2.22. The number of hydrogen-bond donors (Lipinski definition) is 1. The molecule has 2 unspecified atom stereocenters. The van der Waals surface area contributed by atoms with Crippen molar-refractivity contribution in [2.75, 3.05) is 44.5 Å². The number of rotatable bonds is 9. The predicted octanol–water partition coefficient (Wildman–Crippen LogP) is 2.11. The molecule has 1 saturated heterocycles. The lowest BCUT2D eigenvalue weighted by Gasteiger charge is -2.43. The molecule has 0 spiro atoms. The summed E-state index contributed by atoms with van der Waals surface area (Å²) >= 11 is 5.35. The Labute approximate surface area is 141 Å². The fraction of sp³-hybridized carbons (Fsp3) is 0.923.